The first-order chi connectivity index (χ1) is 8.99. The Hall–Kier alpha value is -1.99. The predicted octanol–water partition coefficient (Wildman–Crippen LogP) is 1.28. The zero-order valence-electron chi connectivity index (χ0n) is 9.88. The van der Waals surface area contributed by atoms with Gasteiger partial charge in [-0.1, -0.05) is 12.1 Å². The molecular weight excluding hydrogens is 269 g/mol. The van der Waals surface area contributed by atoms with Gasteiger partial charge in [0.1, 0.15) is 16.5 Å². The summed E-state index contributed by atoms with van der Waals surface area (Å²) in [6, 6.07) is 8.52. The van der Waals surface area contributed by atoms with Crippen LogP contribution in [0, 0.1) is 5.82 Å². The van der Waals surface area contributed by atoms with Gasteiger partial charge in [-0.15, -0.1) is 0 Å². The fourth-order valence-corrected chi connectivity index (χ4v) is 2.63. The fourth-order valence-electron chi connectivity index (χ4n) is 1.53. The number of aromatic nitrogens is 1. The van der Waals surface area contributed by atoms with Crippen LogP contribution in [0.15, 0.2) is 47.5 Å². The van der Waals surface area contributed by atoms with Crippen molar-refractivity contribution in [2.45, 2.75) is 11.4 Å². The first kappa shape index (κ1) is 13.4. The number of sulfonamides is 1. The monoisotopic (exact) mass is 281 g/mol. The Balaban J connectivity index is 2.17. The van der Waals surface area contributed by atoms with Gasteiger partial charge in [0.05, 0.1) is 0 Å². The molecule has 0 aliphatic rings. The van der Waals surface area contributed by atoms with Crippen molar-refractivity contribution in [1.82, 2.24) is 9.71 Å². The van der Waals surface area contributed by atoms with Crippen molar-refractivity contribution in [3.05, 3.63) is 54.0 Å². The van der Waals surface area contributed by atoms with Crippen LogP contribution in [-0.2, 0) is 16.6 Å². The summed E-state index contributed by atoms with van der Waals surface area (Å²) in [6.45, 7) is -0.0194. The lowest BCUT2D eigenvalue weighted by Crippen LogP contribution is -2.24. The van der Waals surface area contributed by atoms with Gasteiger partial charge < -0.3 is 5.73 Å². The Kier molecular flexibility index (Phi) is 3.77. The van der Waals surface area contributed by atoms with Gasteiger partial charge in [-0.05, 0) is 29.8 Å². The molecule has 0 bridgehead atoms. The highest BCUT2D eigenvalue weighted by molar-refractivity contribution is 7.89. The molecule has 0 fully saturated rings. The lowest BCUT2D eigenvalue weighted by Gasteiger charge is -2.08. The molecule has 7 heteroatoms. The molecule has 0 radical (unpaired) electrons. The van der Waals surface area contributed by atoms with E-state index in [1.807, 2.05) is 0 Å². The minimum absolute atomic E-state index is 0.0194. The van der Waals surface area contributed by atoms with Gasteiger partial charge in [0, 0.05) is 12.7 Å². The van der Waals surface area contributed by atoms with E-state index in [1.54, 1.807) is 6.07 Å². The zero-order valence-corrected chi connectivity index (χ0v) is 10.7. The maximum absolute atomic E-state index is 13.0. The van der Waals surface area contributed by atoms with Crippen LogP contribution in [0.25, 0.3) is 0 Å². The highest BCUT2D eigenvalue weighted by atomic mass is 32.2. The molecule has 0 aliphatic heterocycles. The number of anilines is 1. The van der Waals surface area contributed by atoms with Crippen molar-refractivity contribution in [3.63, 3.8) is 0 Å². The second-order valence-electron chi connectivity index (χ2n) is 3.84. The van der Waals surface area contributed by atoms with E-state index in [1.165, 1.54) is 36.5 Å². The van der Waals surface area contributed by atoms with E-state index in [0.29, 0.717) is 5.56 Å². The molecule has 5 nitrogen and oxygen atoms in total. The molecule has 0 atom stereocenters. The predicted molar refractivity (Wildman–Crippen MR) is 69.1 cm³/mol. The Morgan fingerprint density at radius 2 is 2.05 bits per heavy atom. The van der Waals surface area contributed by atoms with Crippen LogP contribution < -0.4 is 10.5 Å². The number of rotatable bonds is 4. The normalized spacial score (nSPS) is 11.4. The van der Waals surface area contributed by atoms with Crippen molar-refractivity contribution in [3.8, 4) is 0 Å². The lowest BCUT2D eigenvalue weighted by molar-refractivity contribution is 0.580. The number of nitrogens with zero attached hydrogens (tertiary/aromatic N) is 1. The molecule has 1 aromatic carbocycles. The number of nitrogen functional groups attached to an aromatic ring is 1. The summed E-state index contributed by atoms with van der Waals surface area (Å²) in [7, 11) is -3.76. The number of hydrogen-bond donors (Lipinski definition) is 2. The van der Waals surface area contributed by atoms with E-state index in [-0.39, 0.29) is 17.3 Å². The molecule has 0 aliphatic carbocycles. The van der Waals surface area contributed by atoms with Crippen molar-refractivity contribution >= 4 is 15.8 Å². The second-order valence-corrected chi connectivity index (χ2v) is 5.58. The number of nitrogens with two attached hydrogens (primary N) is 1. The summed E-state index contributed by atoms with van der Waals surface area (Å²) in [5, 5.41) is 0. The van der Waals surface area contributed by atoms with Gasteiger partial charge in [0.25, 0.3) is 0 Å². The minimum atomic E-state index is -3.76. The van der Waals surface area contributed by atoms with Crippen LogP contribution >= 0.6 is 0 Å². The standard InChI is InChI=1S/C12H12FN3O2S/c13-10-4-1-3-9(7-10)8-16-19(17,18)11-5-2-6-15-12(11)14/h1-7,16H,8H2,(H2,14,15). The number of pyridine rings is 1. The van der Waals surface area contributed by atoms with Crippen molar-refractivity contribution in [1.29, 1.82) is 0 Å². The lowest BCUT2D eigenvalue weighted by atomic mass is 10.2. The molecule has 0 unspecified atom stereocenters. The summed E-state index contributed by atoms with van der Waals surface area (Å²) in [6.07, 6.45) is 1.40. The van der Waals surface area contributed by atoms with Crippen LogP contribution in [0.2, 0.25) is 0 Å². The number of benzene rings is 1. The van der Waals surface area contributed by atoms with Crippen LogP contribution in [0.4, 0.5) is 10.2 Å². The molecule has 1 aromatic heterocycles. The number of hydrogen-bond acceptors (Lipinski definition) is 4. The van der Waals surface area contributed by atoms with Gasteiger partial charge in [-0.3, -0.25) is 0 Å². The largest absolute Gasteiger partial charge is 0.383 e. The Labute approximate surface area is 110 Å². The molecule has 0 saturated heterocycles. The summed E-state index contributed by atoms with van der Waals surface area (Å²) in [5.41, 5.74) is 6.03. The minimum Gasteiger partial charge on any atom is -0.383 e. The summed E-state index contributed by atoms with van der Waals surface area (Å²) >= 11 is 0. The Bertz CT molecular complexity index is 689. The van der Waals surface area contributed by atoms with E-state index >= 15 is 0 Å². The number of halogens is 1. The zero-order chi connectivity index (χ0) is 13.9. The van der Waals surface area contributed by atoms with Gasteiger partial charge in [-0.25, -0.2) is 22.5 Å². The maximum Gasteiger partial charge on any atom is 0.244 e. The molecule has 0 spiro atoms. The third kappa shape index (κ3) is 3.27. The van der Waals surface area contributed by atoms with Gasteiger partial charge in [0.15, 0.2) is 0 Å². The van der Waals surface area contributed by atoms with E-state index in [4.69, 9.17) is 5.73 Å². The smallest absolute Gasteiger partial charge is 0.244 e. The average Bonchev–Trinajstić information content (AvgIpc) is 2.37. The summed E-state index contributed by atoms with van der Waals surface area (Å²) < 4.78 is 39.3. The van der Waals surface area contributed by atoms with Gasteiger partial charge in [-0.2, -0.15) is 0 Å². The average molecular weight is 281 g/mol. The molecule has 100 valence electrons. The summed E-state index contributed by atoms with van der Waals surface area (Å²) in [4.78, 5) is 3.62. The molecule has 3 N–H and O–H groups in total. The first-order valence-electron chi connectivity index (χ1n) is 5.43. The molecule has 2 rings (SSSR count). The fraction of sp³-hybridized carbons (Fsp3) is 0.0833. The van der Waals surface area contributed by atoms with Crippen LogP contribution in [-0.4, -0.2) is 13.4 Å². The molecule has 0 amide bonds. The molecule has 19 heavy (non-hydrogen) atoms. The maximum atomic E-state index is 13.0. The van der Waals surface area contributed by atoms with E-state index in [0.717, 1.165) is 0 Å². The highest BCUT2D eigenvalue weighted by Crippen LogP contribution is 2.14. The van der Waals surface area contributed by atoms with Crippen molar-refractivity contribution in [2.24, 2.45) is 0 Å². The first-order valence-corrected chi connectivity index (χ1v) is 6.92. The quantitative estimate of drug-likeness (QED) is 0.884. The van der Waals surface area contributed by atoms with Crippen LogP contribution in [0.1, 0.15) is 5.56 Å². The Morgan fingerprint density at radius 3 is 2.74 bits per heavy atom. The van der Waals surface area contributed by atoms with E-state index < -0.39 is 15.8 Å². The van der Waals surface area contributed by atoms with Crippen molar-refractivity contribution in [2.75, 3.05) is 5.73 Å². The molecule has 2 aromatic rings. The van der Waals surface area contributed by atoms with Crippen molar-refractivity contribution < 1.29 is 12.8 Å². The summed E-state index contributed by atoms with van der Waals surface area (Å²) in [5.74, 6) is -0.494. The third-order valence-corrected chi connectivity index (χ3v) is 3.89. The van der Waals surface area contributed by atoms with E-state index in [2.05, 4.69) is 9.71 Å². The second kappa shape index (κ2) is 5.33. The van der Waals surface area contributed by atoms with E-state index in [9.17, 15) is 12.8 Å². The van der Waals surface area contributed by atoms with Gasteiger partial charge >= 0.3 is 0 Å². The third-order valence-electron chi connectivity index (χ3n) is 2.44. The topological polar surface area (TPSA) is 85.1 Å². The highest BCUT2D eigenvalue weighted by Gasteiger charge is 2.17. The Morgan fingerprint density at radius 1 is 1.26 bits per heavy atom. The van der Waals surface area contributed by atoms with Crippen LogP contribution in [0.5, 0.6) is 0 Å². The molecule has 0 saturated carbocycles. The van der Waals surface area contributed by atoms with Crippen LogP contribution in [0.3, 0.4) is 0 Å². The number of nitrogens with one attached hydrogen (secondary N) is 1. The SMILES string of the molecule is Nc1ncccc1S(=O)(=O)NCc1cccc(F)c1. The molecule has 1 heterocycles. The van der Waals surface area contributed by atoms with Gasteiger partial charge in [0.2, 0.25) is 10.0 Å². The molecular formula is C12H12FN3O2S.